The van der Waals surface area contributed by atoms with Crippen LogP contribution in [0.1, 0.15) is 51.5 Å². The fourth-order valence-corrected chi connectivity index (χ4v) is 4.12. The Morgan fingerprint density at radius 2 is 2.07 bits per heavy atom. The van der Waals surface area contributed by atoms with Crippen molar-refractivity contribution in [2.45, 2.75) is 58.6 Å². The van der Waals surface area contributed by atoms with Crippen molar-refractivity contribution >= 4 is 29.9 Å². The lowest BCUT2D eigenvalue weighted by atomic mass is 9.89. The first-order valence-electron chi connectivity index (χ1n) is 10.8. The standard InChI is InChI=1S/C22H36N4O2.HI/c1-4-23-22(26-12-10-19(15-26)16-27-3)25-14-18-9-11-24-21(13-18)28-20-7-5-17(2)6-8-20;/h9,11,13,17,19-20H,4-8,10,12,14-16H2,1-3H3,(H,23,25);1H. The molecular formula is C22H37IN4O2. The highest BCUT2D eigenvalue weighted by atomic mass is 127. The summed E-state index contributed by atoms with van der Waals surface area (Å²) in [7, 11) is 1.78. The van der Waals surface area contributed by atoms with Crippen molar-refractivity contribution in [1.29, 1.82) is 0 Å². The summed E-state index contributed by atoms with van der Waals surface area (Å²) in [6, 6.07) is 4.07. The van der Waals surface area contributed by atoms with Gasteiger partial charge in [-0.15, -0.1) is 24.0 Å². The summed E-state index contributed by atoms with van der Waals surface area (Å²) in [4.78, 5) is 11.6. The van der Waals surface area contributed by atoms with Crippen LogP contribution in [0.2, 0.25) is 0 Å². The van der Waals surface area contributed by atoms with Crippen LogP contribution in [0.15, 0.2) is 23.3 Å². The molecule has 7 heteroatoms. The summed E-state index contributed by atoms with van der Waals surface area (Å²) in [5, 5.41) is 3.43. The van der Waals surface area contributed by atoms with E-state index >= 15 is 0 Å². The summed E-state index contributed by atoms with van der Waals surface area (Å²) >= 11 is 0. The maximum Gasteiger partial charge on any atom is 0.213 e. The average Bonchev–Trinajstić information content (AvgIpc) is 3.16. The number of pyridine rings is 1. The summed E-state index contributed by atoms with van der Waals surface area (Å²) in [5.41, 5.74) is 1.14. The molecule has 1 aromatic heterocycles. The number of rotatable bonds is 7. The van der Waals surface area contributed by atoms with E-state index in [9.17, 15) is 0 Å². The second-order valence-corrected chi connectivity index (χ2v) is 8.23. The number of halogens is 1. The second-order valence-electron chi connectivity index (χ2n) is 8.23. The Morgan fingerprint density at radius 3 is 2.79 bits per heavy atom. The first kappa shape index (κ1) is 24.2. The van der Waals surface area contributed by atoms with Crippen molar-refractivity contribution in [3.05, 3.63) is 23.9 Å². The average molecular weight is 516 g/mol. The zero-order valence-electron chi connectivity index (χ0n) is 18.1. The molecule has 0 amide bonds. The van der Waals surface area contributed by atoms with Gasteiger partial charge in [0.05, 0.1) is 13.2 Å². The fraction of sp³-hybridized carbons (Fsp3) is 0.727. The lowest BCUT2D eigenvalue weighted by Crippen LogP contribution is -2.40. The third kappa shape index (κ3) is 7.59. The highest BCUT2D eigenvalue weighted by molar-refractivity contribution is 14.0. The molecule has 2 fully saturated rings. The predicted molar refractivity (Wildman–Crippen MR) is 128 cm³/mol. The van der Waals surface area contributed by atoms with Crippen LogP contribution in [0.3, 0.4) is 0 Å². The summed E-state index contributed by atoms with van der Waals surface area (Å²) in [6.45, 7) is 8.80. The maximum atomic E-state index is 6.14. The number of nitrogens with one attached hydrogen (secondary N) is 1. The number of nitrogens with zero attached hydrogens (tertiary/aromatic N) is 3. The molecule has 2 heterocycles. The fourth-order valence-electron chi connectivity index (χ4n) is 4.12. The Morgan fingerprint density at radius 1 is 1.28 bits per heavy atom. The highest BCUT2D eigenvalue weighted by Gasteiger charge is 2.24. The number of hydrogen-bond acceptors (Lipinski definition) is 4. The van der Waals surface area contributed by atoms with Gasteiger partial charge < -0.3 is 19.7 Å². The van der Waals surface area contributed by atoms with Crippen LogP contribution in [0.4, 0.5) is 0 Å². The molecule has 6 nitrogen and oxygen atoms in total. The Kier molecular flexibility index (Phi) is 10.5. The van der Waals surface area contributed by atoms with Crippen molar-refractivity contribution < 1.29 is 9.47 Å². The zero-order valence-corrected chi connectivity index (χ0v) is 20.4. The normalized spacial score (nSPS) is 24.9. The highest BCUT2D eigenvalue weighted by Crippen LogP contribution is 2.26. The second kappa shape index (κ2) is 12.6. The van der Waals surface area contributed by atoms with E-state index in [0.717, 1.165) is 68.8 Å². The number of ether oxygens (including phenoxy) is 2. The molecule has 1 aromatic rings. The zero-order chi connectivity index (χ0) is 19.8. The van der Waals surface area contributed by atoms with Gasteiger partial charge in [0.1, 0.15) is 6.10 Å². The smallest absolute Gasteiger partial charge is 0.213 e. The molecule has 1 aliphatic heterocycles. The quantitative estimate of drug-likeness (QED) is 0.336. The lowest BCUT2D eigenvalue weighted by Gasteiger charge is -2.26. The molecule has 164 valence electrons. The van der Waals surface area contributed by atoms with Crippen LogP contribution in [-0.2, 0) is 11.3 Å². The molecule has 1 N–H and O–H groups in total. The van der Waals surface area contributed by atoms with E-state index in [4.69, 9.17) is 14.5 Å². The van der Waals surface area contributed by atoms with Gasteiger partial charge in [-0.1, -0.05) is 6.92 Å². The third-order valence-electron chi connectivity index (χ3n) is 5.78. The van der Waals surface area contributed by atoms with Crippen LogP contribution >= 0.6 is 24.0 Å². The summed E-state index contributed by atoms with van der Waals surface area (Å²) in [6.07, 6.45) is 8.07. The van der Waals surface area contributed by atoms with Gasteiger partial charge in [-0.25, -0.2) is 9.98 Å². The molecule has 0 aromatic carbocycles. The van der Waals surface area contributed by atoms with Crippen LogP contribution in [0.5, 0.6) is 5.88 Å². The first-order chi connectivity index (χ1) is 13.7. The third-order valence-corrected chi connectivity index (χ3v) is 5.78. The number of hydrogen-bond donors (Lipinski definition) is 1. The van der Waals surface area contributed by atoms with E-state index in [2.05, 4.69) is 29.0 Å². The summed E-state index contributed by atoms with van der Waals surface area (Å²) in [5.74, 6) is 3.14. The van der Waals surface area contributed by atoms with Gasteiger partial charge >= 0.3 is 0 Å². The molecule has 0 bridgehead atoms. The summed E-state index contributed by atoms with van der Waals surface area (Å²) < 4.78 is 11.5. The predicted octanol–water partition coefficient (Wildman–Crippen LogP) is 4.09. The lowest BCUT2D eigenvalue weighted by molar-refractivity contribution is 0.130. The van der Waals surface area contributed by atoms with E-state index in [1.165, 1.54) is 12.8 Å². The Labute approximate surface area is 192 Å². The van der Waals surface area contributed by atoms with Crippen molar-refractivity contribution in [2.75, 3.05) is 33.4 Å². The van der Waals surface area contributed by atoms with Gasteiger partial charge in [0.15, 0.2) is 5.96 Å². The number of likely N-dealkylation sites (tertiary alicyclic amines) is 1. The van der Waals surface area contributed by atoms with E-state index in [-0.39, 0.29) is 24.0 Å². The minimum absolute atomic E-state index is 0. The van der Waals surface area contributed by atoms with E-state index < -0.39 is 0 Å². The van der Waals surface area contributed by atoms with Gasteiger partial charge in [0.25, 0.3) is 0 Å². The van der Waals surface area contributed by atoms with Crippen molar-refractivity contribution in [3.8, 4) is 5.88 Å². The van der Waals surface area contributed by atoms with Gasteiger partial charge in [-0.2, -0.15) is 0 Å². The van der Waals surface area contributed by atoms with Gasteiger partial charge in [-0.05, 0) is 56.6 Å². The molecule has 1 atom stereocenters. The molecule has 1 saturated carbocycles. The molecule has 1 saturated heterocycles. The first-order valence-corrected chi connectivity index (χ1v) is 10.8. The van der Waals surface area contributed by atoms with Gasteiger partial charge in [-0.3, -0.25) is 0 Å². The van der Waals surface area contributed by atoms with Crippen molar-refractivity contribution in [2.24, 2.45) is 16.8 Å². The number of methoxy groups -OCH3 is 1. The molecule has 1 aliphatic carbocycles. The largest absolute Gasteiger partial charge is 0.474 e. The molecule has 0 radical (unpaired) electrons. The number of aliphatic imine (C=N–C) groups is 1. The van der Waals surface area contributed by atoms with Crippen LogP contribution in [0, 0.1) is 11.8 Å². The van der Waals surface area contributed by atoms with Gasteiger partial charge in [0, 0.05) is 44.9 Å². The number of aromatic nitrogens is 1. The molecule has 3 rings (SSSR count). The molecular weight excluding hydrogens is 479 g/mol. The molecule has 29 heavy (non-hydrogen) atoms. The van der Waals surface area contributed by atoms with E-state index in [1.54, 1.807) is 7.11 Å². The van der Waals surface area contributed by atoms with Crippen molar-refractivity contribution in [3.63, 3.8) is 0 Å². The van der Waals surface area contributed by atoms with Crippen LogP contribution < -0.4 is 10.1 Å². The monoisotopic (exact) mass is 516 g/mol. The number of guanidine groups is 1. The van der Waals surface area contributed by atoms with Crippen LogP contribution in [0.25, 0.3) is 0 Å². The Bertz CT molecular complexity index is 635. The minimum Gasteiger partial charge on any atom is -0.474 e. The van der Waals surface area contributed by atoms with Gasteiger partial charge in [0.2, 0.25) is 5.88 Å². The SMILES string of the molecule is CCNC(=NCc1ccnc(OC2CCC(C)CC2)c1)N1CCC(COC)C1.I. The Balaban J connectivity index is 0.00000300. The van der Waals surface area contributed by atoms with Crippen molar-refractivity contribution in [1.82, 2.24) is 15.2 Å². The molecule has 1 unspecified atom stereocenters. The van der Waals surface area contributed by atoms with Crippen LogP contribution in [-0.4, -0.2) is 55.3 Å². The molecule has 0 spiro atoms. The van der Waals surface area contributed by atoms with E-state index in [1.807, 2.05) is 18.3 Å². The van der Waals surface area contributed by atoms with E-state index in [0.29, 0.717) is 18.6 Å². The Hall–Kier alpha value is -1.09. The maximum absolute atomic E-state index is 6.14. The molecule has 2 aliphatic rings. The minimum atomic E-state index is 0. The topological polar surface area (TPSA) is 59.0 Å².